The molecule has 2 rings (SSSR count). The molecule has 0 radical (unpaired) electrons. The van der Waals surface area contributed by atoms with Crippen molar-refractivity contribution >= 4 is 21.8 Å². The number of anilines is 1. The molecule has 1 aromatic carbocycles. The summed E-state index contributed by atoms with van der Waals surface area (Å²) in [7, 11) is -3.91. The number of hydrogen-bond acceptors (Lipinski definition) is 5. The smallest absolute Gasteiger partial charge is 0.296 e. The lowest BCUT2D eigenvalue weighted by Crippen LogP contribution is -2.42. The monoisotopic (exact) mass is 394 g/mol. The Morgan fingerprint density at radius 1 is 1.48 bits per heavy atom. The Kier molecular flexibility index (Phi) is 7.05. The van der Waals surface area contributed by atoms with Crippen LogP contribution >= 0.6 is 0 Å². The number of amides is 1. The van der Waals surface area contributed by atoms with Crippen LogP contribution in [0.25, 0.3) is 0 Å². The number of nitrogens with one attached hydrogen (secondary N) is 1. The van der Waals surface area contributed by atoms with E-state index in [0.29, 0.717) is 31.1 Å². The Morgan fingerprint density at radius 3 is 2.85 bits per heavy atom. The zero-order valence-electron chi connectivity index (χ0n) is 15.6. The summed E-state index contributed by atoms with van der Waals surface area (Å²) in [5.74, 6) is 0.932. The van der Waals surface area contributed by atoms with E-state index in [1.54, 1.807) is 0 Å². The van der Waals surface area contributed by atoms with Crippen molar-refractivity contribution in [2.24, 2.45) is 17.0 Å². The van der Waals surface area contributed by atoms with Gasteiger partial charge in [-0.3, -0.25) is 9.52 Å². The predicted molar refractivity (Wildman–Crippen MR) is 102 cm³/mol. The van der Waals surface area contributed by atoms with Gasteiger partial charge in [0.1, 0.15) is 11.8 Å². The molecule has 1 fully saturated rings. The molecule has 1 saturated heterocycles. The van der Waals surface area contributed by atoms with Gasteiger partial charge in [-0.25, -0.2) is 5.14 Å². The molecule has 1 aliphatic heterocycles. The molecule has 8 nitrogen and oxygen atoms in total. The molecule has 1 heterocycles. The quantitative estimate of drug-likeness (QED) is 0.730. The maximum Gasteiger partial charge on any atom is 0.296 e. The van der Waals surface area contributed by atoms with Gasteiger partial charge in [0, 0.05) is 31.5 Å². The third-order valence-electron chi connectivity index (χ3n) is 4.29. The number of piperidine rings is 1. The molecule has 3 N–H and O–H groups in total. The predicted octanol–water partition coefficient (Wildman–Crippen LogP) is 1.84. The van der Waals surface area contributed by atoms with Crippen LogP contribution in [0.15, 0.2) is 18.2 Å². The maximum absolute atomic E-state index is 12.3. The van der Waals surface area contributed by atoms with Gasteiger partial charge >= 0.3 is 0 Å². The minimum atomic E-state index is -3.91. The third kappa shape index (κ3) is 6.73. The molecular weight excluding hydrogens is 368 g/mol. The van der Waals surface area contributed by atoms with Crippen LogP contribution in [-0.4, -0.2) is 38.9 Å². The number of carbonyl (C=O) groups excluding carboxylic acids is 1. The summed E-state index contributed by atoms with van der Waals surface area (Å²) in [4.78, 5) is 14.1. The molecule has 27 heavy (non-hydrogen) atoms. The van der Waals surface area contributed by atoms with Crippen LogP contribution < -0.4 is 14.6 Å². The Hall–Kier alpha value is -2.31. The standard InChI is InChI=1S/C18H26N4O4S/c1-13(2)8-18(23)22-7-3-4-14(11-22)12-26-17-9-16(21-27(20,24)25)6-5-15(17)10-19/h5-6,9,13-14,21H,3-4,7-8,11-12H2,1-2H3,(H2,20,24,25). The van der Waals surface area contributed by atoms with E-state index in [4.69, 9.17) is 9.88 Å². The van der Waals surface area contributed by atoms with E-state index in [2.05, 4.69) is 4.72 Å². The van der Waals surface area contributed by atoms with Crippen LogP contribution in [0, 0.1) is 23.2 Å². The Morgan fingerprint density at radius 2 is 2.22 bits per heavy atom. The molecule has 0 bridgehead atoms. The van der Waals surface area contributed by atoms with Crippen LogP contribution in [0.5, 0.6) is 5.75 Å². The van der Waals surface area contributed by atoms with Crippen molar-refractivity contribution in [1.82, 2.24) is 4.90 Å². The Bertz CT molecular complexity index is 817. The summed E-state index contributed by atoms with van der Waals surface area (Å²) in [5, 5.41) is 14.2. The van der Waals surface area contributed by atoms with E-state index in [-0.39, 0.29) is 23.3 Å². The van der Waals surface area contributed by atoms with Gasteiger partial charge in [0.2, 0.25) is 5.91 Å². The second kappa shape index (κ2) is 9.06. The van der Waals surface area contributed by atoms with Crippen molar-refractivity contribution in [2.45, 2.75) is 33.1 Å². The number of hydrogen-bond donors (Lipinski definition) is 2. The van der Waals surface area contributed by atoms with E-state index in [0.717, 1.165) is 19.4 Å². The fourth-order valence-electron chi connectivity index (χ4n) is 3.08. The largest absolute Gasteiger partial charge is 0.492 e. The second-order valence-electron chi connectivity index (χ2n) is 7.23. The fraction of sp³-hybridized carbons (Fsp3) is 0.556. The summed E-state index contributed by atoms with van der Waals surface area (Å²) in [6.45, 7) is 5.78. The number of ether oxygens (including phenoxy) is 1. The summed E-state index contributed by atoms with van der Waals surface area (Å²) < 4.78 is 30.3. The minimum absolute atomic E-state index is 0.159. The van der Waals surface area contributed by atoms with Gasteiger partial charge in [0.05, 0.1) is 17.9 Å². The number of likely N-dealkylation sites (tertiary alicyclic amines) is 1. The Labute approximate surface area is 160 Å². The van der Waals surface area contributed by atoms with Crippen molar-refractivity contribution in [3.05, 3.63) is 23.8 Å². The SMILES string of the molecule is CC(C)CC(=O)N1CCCC(COc2cc(NS(N)(=O)=O)ccc2C#N)C1. The number of rotatable bonds is 7. The molecule has 148 valence electrons. The van der Waals surface area contributed by atoms with Crippen LogP contribution in [0.1, 0.15) is 38.7 Å². The molecule has 0 aliphatic carbocycles. The molecule has 1 aliphatic rings. The highest BCUT2D eigenvalue weighted by atomic mass is 32.2. The minimum Gasteiger partial charge on any atom is -0.492 e. The zero-order valence-corrected chi connectivity index (χ0v) is 16.5. The van der Waals surface area contributed by atoms with Crippen molar-refractivity contribution in [1.29, 1.82) is 5.26 Å². The van der Waals surface area contributed by atoms with Crippen LogP contribution in [-0.2, 0) is 15.0 Å². The number of nitriles is 1. The first-order valence-corrected chi connectivity index (χ1v) is 10.5. The number of nitrogens with two attached hydrogens (primary N) is 1. The summed E-state index contributed by atoms with van der Waals surface area (Å²) in [5.41, 5.74) is 0.530. The molecule has 1 unspecified atom stereocenters. The van der Waals surface area contributed by atoms with Crippen LogP contribution in [0.4, 0.5) is 5.69 Å². The first-order valence-electron chi connectivity index (χ1n) is 8.93. The summed E-state index contributed by atoms with van der Waals surface area (Å²) in [6, 6.07) is 6.38. The number of benzene rings is 1. The first-order chi connectivity index (χ1) is 12.7. The second-order valence-corrected chi connectivity index (χ2v) is 8.52. The normalized spacial score (nSPS) is 17.4. The highest BCUT2D eigenvalue weighted by Gasteiger charge is 2.24. The van der Waals surface area contributed by atoms with E-state index in [1.165, 1.54) is 18.2 Å². The lowest BCUT2D eigenvalue weighted by Gasteiger charge is -2.33. The van der Waals surface area contributed by atoms with Crippen LogP contribution in [0.2, 0.25) is 0 Å². The summed E-state index contributed by atoms with van der Waals surface area (Å²) >= 11 is 0. The first kappa shape index (κ1) is 21.0. The van der Waals surface area contributed by atoms with E-state index in [9.17, 15) is 18.5 Å². The molecular formula is C18H26N4O4S. The average Bonchev–Trinajstić information content (AvgIpc) is 2.58. The zero-order chi connectivity index (χ0) is 20.0. The highest BCUT2D eigenvalue weighted by molar-refractivity contribution is 7.90. The number of carbonyl (C=O) groups is 1. The van der Waals surface area contributed by atoms with Gasteiger partial charge in [-0.05, 0) is 30.9 Å². The molecule has 1 amide bonds. The summed E-state index contributed by atoms with van der Waals surface area (Å²) in [6.07, 6.45) is 2.38. The molecule has 1 atom stereocenters. The van der Waals surface area contributed by atoms with Crippen molar-refractivity contribution < 1.29 is 17.9 Å². The van der Waals surface area contributed by atoms with E-state index >= 15 is 0 Å². The average molecular weight is 394 g/mol. The maximum atomic E-state index is 12.3. The number of nitrogens with zero attached hydrogens (tertiary/aromatic N) is 2. The van der Waals surface area contributed by atoms with Crippen molar-refractivity contribution in [3.8, 4) is 11.8 Å². The fourth-order valence-corrected chi connectivity index (χ4v) is 3.53. The van der Waals surface area contributed by atoms with Gasteiger partial charge in [-0.2, -0.15) is 13.7 Å². The lowest BCUT2D eigenvalue weighted by molar-refractivity contribution is -0.134. The van der Waals surface area contributed by atoms with Crippen molar-refractivity contribution in [3.63, 3.8) is 0 Å². The van der Waals surface area contributed by atoms with Gasteiger partial charge in [0.15, 0.2) is 0 Å². The molecule has 0 saturated carbocycles. The molecule has 0 spiro atoms. The van der Waals surface area contributed by atoms with Gasteiger partial charge in [-0.1, -0.05) is 13.8 Å². The molecule has 0 aromatic heterocycles. The Balaban J connectivity index is 2.01. The van der Waals surface area contributed by atoms with Gasteiger partial charge in [0.25, 0.3) is 10.2 Å². The third-order valence-corrected chi connectivity index (χ3v) is 4.81. The molecule has 1 aromatic rings. The van der Waals surface area contributed by atoms with E-state index in [1.807, 2.05) is 24.8 Å². The van der Waals surface area contributed by atoms with Gasteiger partial charge in [-0.15, -0.1) is 0 Å². The van der Waals surface area contributed by atoms with Crippen LogP contribution in [0.3, 0.4) is 0 Å². The topological polar surface area (TPSA) is 126 Å². The highest BCUT2D eigenvalue weighted by Crippen LogP contribution is 2.25. The van der Waals surface area contributed by atoms with Crippen molar-refractivity contribution in [2.75, 3.05) is 24.4 Å². The van der Waals surface area contributed by atoms with Gasteiger partial charge < -0.3 is 9.64 Å². The molecule has 9 heteroatoms. The van der Waals surface area contributed by atoms with E-state index < -0.39 is 10.2 Å². The lowest BCUT2D eigenvalue weighted by atomic mass is 9.98.